The first-order valence-electron chi connectivity index (χ1n) is 5.91. The molecule has 21 heavy (non-hydrogen) atoms. The minimum absolute atomic E-state index is 0.0697. The van der Waals surface area contributed by atoms with Gasteiger partial charge in [-0.05, 0) is 25.1 Å². The predicted molar refractivity (Wildman–Crippen MR) is 75.0 cm³/mol. The maximum absolute atomic E-state index is 12.3. The van der Waals surface area contributed by atoms with Crippen molar-refractivity contribution in [1.82, 2.24) is 4.72 Å². The average Bonchev–Trinajstić information content (AvgIpc) is 2.92. The quantitative estimate of drug-likeness (QED) is 0.492. The molecule has 1 atom stereocenters. The lowest BCUT2D eigenvalue weighted by molar-refractivity contribution is -0.385. The number of hydrogen-bond acceptors (Lipinski definition) is 6. The van der Waals surface area contributed by atoms with Crippen LogP contribution in [0.2, 0.25) is 0 Å². The number of sulfonamides is 1. The first-order valence-corrected chi connectivity index (χ1v) is 7.39. The molecule has 0 fully saturated rings. The SMILES string of the molecule is CC(NS(=O)(=O)c1cc([N+](=O)[O-])ccc1N)c1ccco1. The third-order valence-corrected chi connectivity index (χ3v) is 4.40. The van der Waals surface area contributed by atoms with E-state index in [9.17, 15) is 18.5 Å². The number of furan rings is 1. The molecule has 9 heteroatoms. The molecule has 0 amide bonds. The Morgan fingerprint density at radius 2 is 2.10 bits per heavy atom. The highest BCUT2D eigenvalue weighted by Crippen LogP contribution is 2.25. The van der Waals surface area contributed by atoms with Crippen LogP contribution in [0.5, 0.6) is 0 Å². The summed E-state index contributed by atoms with van der Waals surface area (Å²) in [4.78, 5) is 9.71. The van der Waals surface area contributed by atoms with Gasteiger partial charge >= 0.3 is 0 Å². The fraction of sp³-hybridized carbons (Fsp3) is 0.167. The lowest BCUT2D eigenvalue weighted by Gasteiger charge is -2.13. The summed E-state index contributed by atoms with van der Waals surface area (Å²) < 4.78 is 32.0. The third-order valence-electron chi connectivity index (χ3n) is 2.80. The molecule has 112 valence electrons. The Hall–Kier alpha value is -2.39. The number of nitrogens with one attached hydrogen (secondary N) is 1. The van der Waals surface area contributed by atoms with Gasteiger partial charge in [0.05, 0.1) is 22.9 Å². The fourth-order valence-electron chi connectivity index (χ4n) is 1.76. The van der Waals surface area contributed by atoms with E-state index < -0.39 is 21.0 Å². The molecule has 0 aliphatic carbocycles. The van der Waals surface area contributed by atoms with Crippen molar-refractivity contribution in [3.05, 3.63) is 52.5 Å². The highest BCUT2D eigenvalue weighted by Gasteiger charge is 2.24. The van der Waals surface area contributed by atoms with Gasteiger partial charge in [-0.25, -0.2) is 13.1 Å². The molecule has 0 spiro atoms. The number of nitro groups is 1. The number of nitrogen functional groups attached to an aromatic ring is 1. The molecule has 8 nitrogen and oxygen atoms in total. The normalized spacial score (nSPS) is 13.0. The van der Waals surface area contributed by atoms with Crippen LogP contribution in [0.1, 0.15) is 18.7 Å². The minimum Gasteiger partial charge on any atom is -0.468 e. The Balaban J connectivity index is 2.35. The van der Waals surface area contributed by atoms with Crippen LogP contribution >= 0.6 is 0 Å². The molecular weight excluding hydrogens is 298 g/mol. The third kappa shape index (κ3) is 3.20. The summed E-state index contributed by atoms with van der Waals surface area (Å²) in [6.45, 7) is 1.59. The molecule has 1 aromatic heterocycles. The van der Waals surface area contributed by atoms with E-state index in [1.807, 2.05) is 0 Å². The number of nitrogens with two attached hydrogens (primary N) is 1. The van der Waals surface area contributed by atoms with Gasteiger partial charge in [0.25, 0.3) is 5.69 Å². The molecule has 0 aliphatic rings. The summed E-state index contributed by atoms with van der Waals surface area (Å²) >= 11 is 0. The van der Waals surface area contributed by atoms with Gasteiger partial charge in [0.1, 0.15) is 10.7 Å². The number of benzene rings is 1. The maximum atomic E-state index is 12.3. The fourth-order valence-corrected chi connectivity index (χ4v) is 3.12. The Labute approximate surface area is 120 Å². The summed E-state index contributed by atoms with van der Waals surface area (Å²) in [5, 5.41) is 10.7. The van der Waals surface area contributed by atoms with Crippen LogP contribution in [-0.2, 0) is 10.0 Å². The smallest absolute Gasteiger partial charge is 0.270 e. The first-order chi connectivity index (χ1) is 9.81. The highest BCUT2D eigenvalue weighted by molar-refractivity contribution is 7.89. The molecule has 1 aromatic carbocycles. The van der Waals surface area contributed by atoms with Gasteiger partial charge < -0.3 is 10.2 Å². The predicted octanol–water partition coefficient (Wildman–Crippen LogP) is 1.81. The first kappa shape index (κ1) is 15.0. The van der Waals surface area contributed by atoms with Gasteiger partial charge in [-0.15, -0.1) is 0 Å². The summed E-state index contributed by atoms with van der Waals surface area (Å²) in [7, 11) is -4.01. The van der Waals surface area contributed by atoms with Gasteiger partial charge in [0.2, 0.25) is 10.0 Å². The van der Waals surface area contributed by atoms with E-state index in [-0.39, 0.29) is 16.3 Å². The number of non-ortho nitro benzene ring substituents is 1. The van der Waals surface area contributed by atoms with Crippen molar-refractivity contribution in [2.24, 2.45) is 0 Å². The molecule has 1 unspecified atom stereocenters. The van der Waals surface area contributed by atoms with Crippen LogP contribution in [0.15, 0.2) is 45.9 Å². The molecule has 0 aliphatic heterocycles. The molecular formula is C12H13N3O5S. The van der Waals surface area contributed by atoms with Crippen LogP contribution in [-0.4, -0.2) is 13.3 Å². The summed E-state index contributed by atoms with van der Waals surface area (Å²) in [5.74, 6) is 0.419. The largest absolute Gasteiger partial charge is 0.468 e. The zero-order chi connectivity index (χ0) is 15.6. The van der Waals surface area contributed by atoms with Crippen LogP contribution in [0.25, 0.3) is 0 Å². The Morgan fingerprint density at radius 1 is 1.38 bits per heavy atom. The second-order valence-electron chi connectivity index (χ2n) is 4.34. The van der Waals surface area contributed by atoms with Gasteiger partial charge in [-0.3, -0.25) is 10.1 Å². The minimum atomic E-state index is -4.01. The highest BCUT2D eigenvalue weighted by atomic mass is 32.2. The molecule has 0 radical (unpaired) electrons. The van der Waals surface area contributed by atoms with Gasteiger partial charge in [0.15, 0.2) is 0 Å². The number of rotatable bonds is 5. The Morgan fingerprint density at radius 3 is 2.67 bits per heavy atom. The van der Waals surface area contributed by atoms with E-state index in [2.05, 4.69) is 4.72 Å². The monoisotopic (exact) mass is 311 g/mol. The van der Waals surface area contributed by atoms with Gasteiger partial charge in [-0.1, -0.05) is 0 Å². The van der Waals surface area contributed by atoms with Crippen molar-refractivity contribution in [1.29, 1.82) is 0 Å². The van der Waals surface area contributed by atoms with Crippen molar-refractivity contribution >= 4 is 21.4 Å². The van der Waals surface area contributed by atoms with Crippen LogP contribution in [0.3, 0.4) is 0 Å². The van der Waals surface area contributed by atoms with Crippen molar-refractivity contribution in [3.8, 4) is 0 Å². The van der Waals surface area contributed by atoms with Crippen molar-refractivity contribution in [3.63, 3.8) is 0 Å². The maximum Gasteiger partial charge on any atom is 0.270 e. The van der Waals surface area contributed by atoms with E-state index in [1.54, 1.807) is 19.1 Å². The van der Waals surface area contributed by atoms with Crippen molar-refractivity contribution < 1.29 is 17.8 Å². The number of nitro benzene ring substituents is 1. The molecule has 0 saturated carbocycles. The molecule has 2 aromatic rings. The number of hydrogen-bond donors (Lipinski definition) is 2. The van der Waals surface area contributed by atoms with E-state index in [1.165, 1.54) is 12.3 Å². The summed E-state index contributed by atoms with van der Waals surface area (Å²) in [5.41, 5.74) is 5.18. The van der Waals surface area contributed by atoms with E-state index in [4.69, 9.17) is 10.2 Å². The zero-order valence-electron chi connectivity index (χ0n) is 11.0. The van der Waals surface area contributed by atoms with Crippen molar-refractivity contribution in [2.75, 3.05) is 5.73 Å². The molecule has 0 saturated heterocycles. The zero-order valence-corrected chi connectivity index (χ0v) is 11.8. The van der Waals surface area contributed by atoms with Crippen LogP contribution < -0.4 is 10.5 Å². The topological polar surface area (TPSA) is 128 Å². The lowest BCUT2D eigenvalue weighted by atomic mass is 10.3. The van der Waals surface area contributed by atoms with Crippen LogP contribution in [0.4, 0.5) is 11.4 Å². The second kappa shape index (κ2) is 5.54. The summed E-state index contributed by atoms with van der Waals surface area (Å²) in [6.07, 6.45) is 1.42. The van der Waals surface area contributed by atoms with Gasteiger partial charge in [-0.2, -0.15) is 0 Å². The van der Waals surface area contributed by atoms with Gasteiger partial charge in [0, 0.05) is 12.1 Å². The number of anilines is 1. The molecule has 3 N–H and O–H groups in total. The Kier molecular flexibility index (Phi) is 3.96. The average molecular weight is 311 g/mol. The van der Waals surface area contributed by atoms with E-state index in [0.717, 1.165) is 12.1 Å². The van der Waals surface area contributed by atoms with E-state index >= 15 is 0 Å². The number of nitrogens with zero attached hydrogens (tertiary/aromatic N) is 1. The molecule has 0 bridgehead atoms. The van der Waals surface area contributed by atoms with Crippen molar-refractivity contribution in [2.45, 2.75) is 17.9 Å². The molecule has 2 rings (SSSR count). The van der Waals surface area contributed by atoms with E-state index in [0.29, 0.717) is 5.76 Å². The Bertz CT molecular complexity index is 755. The standard InChI is InChI=1S/C12H13N3O5S/c1-8(11-3-2-6-20-11)14-21(18,19)12-7-9(15(16)17)4-5-10(12)13/h2-8,14H,13H2,1H3. The van der Waals surface area contributed by atoms with Crippen LogP contribution in [0, 0.1) is 10.1 Å². The lowest BCUT2D eigenvalue weighted by Crippen LogP contribution is -2.27. The summed E-state index contributed by atoms with van der Waals surface area (Å²) in [6, 6.07) is 5.86. The second-order valence-corrected chi connectivity index (χ2v) is 6.02. The molecule has 1 heterocycles.